The summed E-state index contributed by atoms with van der Waals surface area (Å²) in [4.78, 5) is 60.7. The number of ether oxygens (including phenoxy) is 4. The number of nitrogens with zero attached hydrogens (tertiary/aromatic N) is 2. The Balaban J connectivity index is 1.49. The summed E-state index contributed by atoms with van der Waals surface area (Å²) < 4.78 is 22.7. The number of esters is 1. The van der Waals surface area contributed by atoms with Gasteiger partial charge in [-0.2, -0.15) is 0 Å². The Morgan fingerprint density at radius 1 is 1.08 bits per heavy atom. The Hall–Kier alpha value is -5.39. The van der Waals surface area contributed by atoms with Crippen LogP contribution in [0.3, 0.4) is 0 Å². The minimum atomic E-state index is -1.27. The summed E-state index contributed by atoms with van der Waals surface area (Å²) in [6, 6.07) is 15.0. The molecule has 1 aliphatic carbocycles. The van der Waals surface area contributed by atoms with Crippen LogP contribution in [0.15, 0.2) is 79.9 Å². The standard InChI is InChI=1S/C40H48N4O8/c1-8-10-12-17-30(42-38(48)52-39(3,4)5)36(46)44-24-28(21-33(44)35(45)43-40(37(47)50-7)23-26(40)9-2)51-34-22-31(25-15-13-11-14-16-25)41-32-20-27(49-6)18-19-29(32)34/h8-9,11,13-16,18-20,22,26,28,30,33H,1-2,10,12,17,21,23-24H2,3-7H3,(H,42,48)(H,43,45)/t26-,28+,30-,33-,40+/m0/s1. The molecule has 0 unspecified atom stereocenters. The molecule has 2 fully saturated rings. The Labute approximate surface area is 304 Å². The number of carbonyl (C=O) groups is 4. The fraction of sp³-hybridized carbons (Fsp3) is 0.425. The third-order valence-electron chi connectivity index (χ3n) is 9.28. The van der Waals surface area contributed by atoms with Gasteiger partial charge in [0, 0.05) is 35.4 Å². The largest absolute Gasteiger partial charge is 0.497 e. The number of pyridine rings is 1. The van der Waals surface area contributed by atoms with Gasteiger partial charge in [-0.3, -0.25) is 9.59 Å². The number of nitrogens with one attached hydrogen (secondary N) is 2. The van der Waals surface area contributed by atoms with E-state index in [9.17, 15) is 19.2 Å². The Morgan fingerprint density at radius 2 is 1.83 bits per heavy atom. The molecule has 5 atom stereocenters. The van der Waals surface area contributed by atoms with E-state index in [2.05, 4.69) is 23.8 Å². The lowest BCUT2D eigenvalue weighted by molar-refractivity contribution is -0.148. The van der Waals surface area contributed by atoms with Crippen molar-refractivity contribution in [2.75, 3.05) is 20.8 Å². The van der Waals surface area contributed by atoms with Crippen LogP contribution in [-0.4, -0.2) is 83.9 Å². The van der Waals surface area contributed by atoms with Gasteiger partial charge in [0.25, 0.3) is 0 Å². The lowest BCUT2D eigenvalue weighted by atomic mass is 10.1. The zero-order valence-electron chi connectivity index (χ0n) is 30.5. The van der Waals surface area contributed by atoms with E-state index in [0.29, 0.717) is 42.0 Å². The molecule has 1 aliphatic heterocycles. The number of hydrogen-bond acceptors (Lipinski definition) is 9. The number of likely N-dealkylation sites (tertiary alicyclic amines) is 1. The maximum Gasteiger partial charge on any atom is 0.408 e. The van der Waals surface area contributed by atoms with Crippen molar-refractivity contribution in [2.24, 2.45) is 5.92 Å². The highest BCUT2D eigenvalue weighted by Crippen LogP contribution is 2.45. The predicted molar refractivity (Wildman–Crippen MR) is 197 cm³/mol. The molecule has 3 aromatic rings. The van der Waals surface area contributed by atoms with Gasteiger partial charge in [-0.15, -0.1) is 13.2 Å². The molecule has 2 heterocycles. The normalized spacial score (nSPS) is 21.4. The number of aromatic nitrogens is 1. The van der Waals surface area contributed by atoms with Gasteiger partial charge in [0.05, 0.1) is 32.0 Å². The van der Waals surface area contributed by atoms with Crippen molar-refractivity contribution in [3.8, 4) is 22.8 Å². The highest BCUT2D eigenvalue weighted by atomic mass is 16.6. The van der Waals surface area contributed by atoms with Crippen molar-refractivity contribution in [3.05, 3.63) is 79.9 Å². The van der Waals surface area contributed by atoms with Gasteiger partial charge in [0.2, 0.25) is 11.8 Å². The maximum absolute atomic E-state index is 14.4. The minimum Gasteiger partial charge on any atom is -0.497 e. The van der Waals surface area contributed by atoms with E-state index >= 15 is 0 Å². The number of hydrogen-bond donors (Lipinski definition) is 2. The molecule has 1 saturated carbocycles. The van der Waals surface area contributed by atoms with E-state index in [1.165, 1.54) is 12.0 Å². The molecule has 0 spiro atoms. The van der Waals surface area contributed by atoms with E-state index in [1.54, 1.807) is 40.0 Å². The molecule has 5 rings (SSSR count). The van der Waals surface area contributed by atoms with Gasteiger partial charge in [-0.25, -0.2) is 14.6 Å². The molecule has 0 bridgehead atoms. The molecule has 3 amide bonds. The first-order valence-corrected chi connectivity index (χ1v) is 17.5. The molecular weight excluding hydrogens is 664 g/mol. The highest BCUT2D eigenvalue weighted by molar-refractivity contribution is 5.96. The van der Waals surface area contributed by atoms with Gasteiger partial charge in [0.1, 0.15) is 40.8 Å². The van der Waals surface area contributed by atoms with Crippen molar-refractivity contribution in [1.29, 1.82) is 0 Å². The predicted octanol–water partition coefficient (Wildman–Crippen LogP) is 5.74. The summed E-state index contributed by atoms with van der Waals surface area (Å²) in [5, 5.41) is 6.33. The van der Waals surface area contributed by atoms with Crippen LogP contribution in [0.2, 0.25) is 0 Å². The number of rotatable bonds is 14. The smallest absolute Gasteiger partial charge is 0.408 e. The summed E-state index contributed by atoms with van der Waals surface area (Å²) in [7, 11) is 2.85. The lowest BCUT2D eigenvalue weighted by Crippen LogP contribution is -2.56. The molecular formula is C40H48N4O8. The first-order valence-electron chi connectivity index (χ1n) is 17.5. The van der Waals surface area contributed by atoms with Crippen molar-refractivity contribution < 1.29 is 38.1 Å². The lowest BCUT2D eigenvalue weighted by Gasteiger charge is -2.30. The molecule has 2 aromatic carbocycles. The van der Waals surface area contributed by atoms with E-state index in [1.807, 2.05) is 54.6 Å². The fourth-order valence-electron chi connectivity index (χ4n) is 6.57. The van der Waals surface area contributed by atoms with Gasteiger partial charge in [-0.05, 0) is 58.6 Å². The second-order valence-corrected chi connectivity index (χ2v) is 14.2. The van der Waals surface area contributed by atoms with Crippen LogP contribution in [0.1, 0.15) is 52.9 Å². The van der Waals surface area contributed by atoms with Crippen LogP contribution in [0.4, 0.5) is 4.79 Å². The minimum absolute atomic E-state index is 0.0294. The van der Waals surface area contributed by atoms with Crippen molar-refractivity contribution in [2.45, 2.75) is 82.2 Å². The number of alkyl carbamates (subject to hydrolysis) is 1. The number of amides is 3. The number of benzene rings is 2. The summed E-state index contributed by atoms with van der Waals surface area (Å²) in [6.45, 7) is 12.8. The van der Waals surface area contributed by atoms with Crippen LogP contribution in [-0.2, 0) is 23.9 Å². The second-order valence-electron chi connectivity index (χ2n) is 14.2. The summed E-state index contributed by atoms with van der Waals surface area (Å²) in [5.74, 6) is -0.777. The molecule has 2 N–H and O–H groups in total. The monoisotopic (exact) mass is 712 g/mol. The third-order valence-corrected chi connectivity index (χ3v) is 9.28. The van der Waals surface area contributed by atoms with E-state index in [-0.39, 0.29) is 25.3 Å². The summed E-state index contributed by atoms with van der Waals surface area (Å²) >= 11 is 0. The molecule has 12 nitrogen and oxygen atoms in total. The molecule has 0 radical (unpaired) electrons. The van der Waals surface area contributed by atoms with E-state index < -0.39 is 53.2 Å². The number of fused-ring (bicyclic) bond motifs is 1. The van der Waals surface area contributed by atoms with Crippen LogP contribution in [0.5, 0.6) is 11.5 Å². The van der Waals surface area contributed by atoms with Gasteiger partial charge in [-0.1, -0.05) is 42.5 Å². The zero-order valence-corrected chi connectivity index (χ0v) is 30.5. The van der Waals surface area contributed by atoms with Crippen molar-refractivity contribution >= 4 is 34.8 Å². The Bertz CT molecular complexity index is 1820. The van der Waals surface area contributed by atoms with E-state index in [4.69, 9.17) is 23.9 Å². The average Bonchev–Trinajstić information content (AvgIpc) is 3.68. The number of carbonyl (C=O) groups excluding carboxylic acids is 4. The van der Waals surface area contributed by atoms with Crippen LogP contribution in [0, 0.1) is 5.92 Å². The summed E-state index contributed by atoms with van der Waals surface area (Å²) in [6.07, 6.45) is 3.84. The SMILES string of the molecule is C=CCCC[C@H](NC(=O)OC(C)(C)C)C(=O)N1C[C@H](Oc2cc(-c3ccccc3)nc3cc(OC)ccc23)C[C@H]1C(=O)N[C@]1(C(=O)OC)C[C@@H]1C=C. The maximum atomic E-state index is 14.4. The van der Waals surface area contributed by atoms with Crippen molar-refractivity contribution in [1.82, 2.24) is 20.5 Å². The Kier molecular flexibility index (Phi) is 11.6. The van der Waals surface area contributed by atoms with Crippen LogP contribution < -0.4 is 20.1 Å². The summed E-state index contributed by atoms with van der Waals surface area (Å²) in [5.41, 5.74) is 0.124. The Morgan fingerprint density at radius 3 is 2.46 bits per heavy atom. The molecule has 52 heavy (non-hydrogen) atoms. The highest BCUT2D eigenvalue weighted by Gasteiger charge is 2.62. The van der Waals surface area contributed by atoms with Gasteiger partial charge in [0.15, 0.2) is 0 Å². The molecule has 1 aromatic heterocycles. The first kappa shape index (κ1) is 37.9. The second kappa shape index (κ2) is 15.9. The molecule has 1 saturated heterocycles. The van der Waals surface area contributed by atoms with Crippen LogP contribution in [0.25, 0.3) is 22.2 Å². The first-order chi connectivity index (χ1) is 24.8. The number of unbranched alkanes of at least 4 members (excludes halogenated alkanes) is 1. The molecule has 2 aliphatic rings. The quantitative estimate of drug-likeness (QED) is 0.121. The van der Waals surface area contributed by atoms with Crippen LogP contribution >= 0.6 is 0 Å². The van der Waals surface area contributed by atoms with E-state index in [0.717, 1.165) is 10.9 Å². The fourth-order valence-corrected chi connectivity index (χ4v) is 6.57. The van der Waals surface area contributed by atoms with Crippen molar-refractivity contribution in [3.63, 3.8) is 0 Å². The molecule has 12 heteroatoms. The average molecular weight is 713 g/mol. The van der Waals surface area contributed by atoms with Gasteiger partial charge >= 0.3 is 12.1 Å². The zero-order chi connectivity index (χ0) is 37.6. The number of methoxy groups -OCH3 is 2. The topological polar surface area (TPSA) is 145 Å². The number of allylic oxidation sites excluding steroid dienone is 1. The van der Waals surface area contributed by atoms with Gasteiger partial charge < -0.3 is 34.5 Å². The molecule has 276 valence electrons. The third kappa shape index (κ3) is 8.55.